The fraction of sp³-hybridized carbons (Fsp3) is 0.500. The second-order valence-electron chi connectivity index (χ2n) is 6.74. The summed E-state index contributed by atoms with van der Waals surface area (Å²) in [5.74, 6) is 1.95. The van der Waals surface area contributed by atoms with E-state index in [1.807, 2.05) is 32.0 Å². The lowest BCUT2D eigenvalue weighted by atomic mass is 9.95. The molecule has 0 spiro atoms. The van der Waals surface area contributed by atoms with Gasteiger partial charge in [-0.2, -0.15) is 0 Å². The molecule has 0 aliphatic rings. The Labute approximate surface area is 138 Å². The third kappa shape index (κ3) is 5.60. The Hall–Kier alpha value is -2.01. The fourth-order valence-electron chi connectivity index (χ4n) is 2.25. The highest BCUT2D eigenvalue weighted by molar-refractivity contribution is 5.56. The zero-order valence-electron chi connectivity index (χ0n) is 14.4. The molecule has 0 aliphatic carbocycles. The van der Waals surface area contributed by atoms with Gasteiger partial charge in [0, 0.05) is 36.3 Å². The first-order valence-corrected chi connectivity index (χ1v) is 8.08. The highest BCUT2D eigenvalue weighted by Crippen LogP contribution is 2.19. The molecule has 2 N–H and O–H groups in total. The Bertz CT molecular complexity index is 626. The van der Waals surface area contributed by atoms with Crippen molar-refractivity contribution in [1.29, 1.82) is 0 Å². The van der Waals surface area contributed by atoms with E-state index in [-0.39, 0.29) is 0 Å². The first-order valence-electron chi connectivity index (χ1n) is 8.08. The molecular formula is C18H26N4O. The summed E-state index contributed by atoms with van der Waals surface area (Å²) in [6.45, 7) is 8.58. The molecule has 1 atom stereocenters. The highest BCUT2D eigenvalue weighted by atomic mass is 16.3. The van der Waals surface area contributed by atoms with Crippen LogP contribution in [0.25, 0.3) is 11.4 Å². The number of hydrogen-bond donors (Lipinski definition) is 2. The zero-order chi connectivity index (χ0) is 16.9. The van der Waals surface area contributed by atoms with Crippen molar-refractivity contribution in [3.63, 3.8) is 0 Å². The molecule has 0 saturated carbocycles. The van der Waals surface area contributed by atoms with Crippen LogP contribution in [0.2, 0.25) is 0 Å². The third-order valence-corrected chi connectivity index (χ3v) is 3.68. The van der Waals surface area contributed by atoms with Crippen molar-refractivity contribution >= 4 is 5.82 Å². The molecule has 0 aliphatic heterocycles. The topological polar surface area (TPSA) is 70.9 Å². The molecule has 0 radical (unpaired) electrons. The van der Waals surface area contributed by atoms with E-state index in [1.165, 1.54) is 0 Å². The van der Waals surface area contributed by atoms with E-state index in [0.717, 1.165) is 29.9 Å². The minimum absolute atomic E-state index is 0.461. The van der Waals surface area contributed by atoms with E-state index in [4.69, 9.17) is 0 Å². The van der Waals surface area contributed by atoms with Gasteiger partial charge >= 0.3 is 0 Å². The third-order valence-electron chi connectivity index (χ3n) is 3.68. The summed E-state index contributed by atoms with van der Waals surface area (Å²) in [4.78, 5) is 13.1. The van der Waals surface area contributed by atoms with Gasteiger partial charge in [-0.05, 0) is 44.7 Å². The molecule has 0 saturated heterocycles. The Kier molecular flexibility index (Phi) is 5.66. The number of pyridine rings is 1. The summed E-state index contributed by atoms with van der Waals surface area (Å²) in [6, 6.07) is 5.69. The highest BCUT2D eigenvalue weighted by Gasteiger charge is 2.20. The van der Waals surface area contributed by atoms with Crippen LogP contribution in [0.15, 0.2) is 30.6 Å². The number of anilines is 1. The molecular weight excluding hydrogens is 288 g/mol. The van der Waals surface area contributed by atoms with Crippen molar-refractivity contribution in [3.05, 3.63) is 36.3 Å². The van der Waals surface area contributed by atoms with Gasteiger partial charge in [-0.1, -0.05) is 13.8 Å². The van der Waals surface area contributed by atoms with Crippen LogP contribution >= 0.6 is 0 Å². The number of rotatable bonds is 7. The molecule has 0 aromatic carbocycles. The standard InChI is InChI=1S/C18H26N4O/c1-13(2)7-8-18(4,23)12-20-16-10-14(3)21-17(22-16)15-6-5-9-19-11-15/h5-6,9-11,13,23H,7-8,12H2,1-4H3,(H,20,21,22). The maximum atomic E-state index is 10.5. The van der Waals surface area contributed by atoms with Crippen LogP contribution in [-0.2, 0) is 0 Å². The fourth-order valence-corrected chi connectivity index (χ4v) is 2.25. The Morgan fingerprint density at radius 3 is 2.74 bits per heavy atom. The van der Waals surface area contributed by atoms with Crippen LogP contribution in [0.1, 0.15) is 39.3 Å². The number of aromatic nitrogens is 3. The van der Waals surface area contributed by atoms with Crippen molar-refractivity contribution in [2.24, 2.45) is 5.92 Å². The van der Waals surface area contributed by atoms with E-state index < -0.39 is 5.60 Å². The molecule has 1 unspecified atom stereocenters. The van der Waals surface area contributed by atoms with Crippen LogP contribution in [-0.4, -0.2) is 32.2 Å². The smallest absolute Gasteiger partial charge is 0.163 e. The molecule has 0 bridgehead atoms. The number of aryl methyl sites for hydroxylation is 1. The lowest BCUT2D eigenvalue weighted by Crippen LogP contribution is -2.34. The molecule has 2 rings (SSSR count). The number of aliphatic hydroxyl groups is 1. The second-order valence-corrected chi connectivity index (χ2v) is 6.74. The minimum Gasteiger partial charge on any atom is -0.388 e. The van der Waals surface area contributed by atoms with E-state index in [2.05, 4.69) is 34.1 Å². The van der Waals surface area contributed by atoms with Gasteiger partial charge in [0.25, 0.3) is 0 Å². The number of hydrogen-bond acceptors (Lipinski definition) is 5. The molecule has 5 heteroatoms. The van der Waals surface area contributed by atoms with E-state index in [1.54, 1.807) is 12.4 Å². The van der Waals surface area contributed by atoms with Crippen LogP contribution < -0.4 is 5.32 Å². The number of nitrogens with one attached hydrogen (secondary N) is 1. The Morgan fingerprint density at radius 2 is 2.09 bits per heavy atom. The largest absolute Gasteiger partial charge is 0.388 e. The van der Waals surface area contributed by atoms with Gasteiger partial charge in [0.1, 0.15) is 5.82 Å². The summed E-state index contributed by atoms with van der Waals surface area (Å²) >= 11 is 0. The molecule has 5 nitrogen and oxygen atoms in total. The average Bonchev–Trinajstić information content (AvgIpc) is 2.52. The van der Waals surface area contributed by atoms with E-state index in [0.29, 0.717) is 18.3 Å². The maximum absolute atomic E-state index is 10.5. The lowest BCUT2D eigenvalue weighted by Gasteiger charge is -2.25. The summed E-state index contributed by atoms with van der Waals surface area (Å²) in [5, 5.41) is 13.7. The summed E-state index contributed by atoms with van der Waals surface area (Å²) in [6.07, 6.45) is 5.23. The van der Waals surface area contributed by atoms with Crippen LogP contribution in [0.5, 0.6) is 0 Å². The van der Waals surface area contributed by atoms with Gasteiger partial charge in [0.15, 0.2) is 5.82 Å². The Morgan fingerprint density at radius 1 is 1.30 bits per heavy atom. The quantitative estimate of drug-likeness (QED) is 0.819. The van der Waals surface area contributed by atoms with E-state index in [9.17, 15) is 5.11 Å². The molecule has 124 valence electrons. The minimum atomic E-state index is -0.752. The lowest BCUT2D eigenvalue weighted by molar-refractivity contribution is 0.0585. The first kappa shape index (κ1) is 17.3. The summed E-state index contributed by atoms with van der Waals surface area (Å²) < 4.78 is 0. The van der Waals surface area contributed by atoms with E-state index >= 15 is 0 Å². The molecule has 0 fully saturated rings. The normalized spacial score (nSPS) is 13.8. The Balaban J connectivity index is 2.07. The molecule has 2 aromatic heterocycles. The first-order chi connectivity index (χ1) is 10.9. The number of nitrogens with zero attached hydrogens (tertiary/aromatic N) is 3. The average molecular weight is 314 g/mol. The predicted octanol–water partition coefficient (Wildman–Crippen LogP) is 3.45. The van der Waals surface area contributed by atoms with Crippen molar-refractivity contribution in [2.45, 2.75) is 46.1 Å². The van der Waals surface area contributed by atoms with Crippen molar-refractivity contribution in [1.82, 2.24) is 15.0 Å². The predicted molar refractivity (Wildman–Crippen MR) is 93.2 cm³/mol. The second kappa shape index (κ2) is 7.51. The van der Waals surface area contributed by atoms with Crippen molar-refractivity contribution < 1.29 is 5.11 Å². The molecule has 0 amide bonds. The molecule has 23 heavy (non-hydrogen) atoms. The van der Waals surface area contributed by atoms with Gasteiger partial charge in [0.2, 0.25) is 0 Å². The van der Waals surface area contributed by atoms with Crippen molar-refractivity contribution in [3.8, 4) is 11.4 Å². The van der Waals surface area contributed by atoms with Crippen LogP contribution in [0, 0.1) is 12.8 Å². The maximum Gasteiger partial charge on any atom is 0.163 e. The SMILES string of the molecule is Cc1cc(NCC(C)(O)CCC(C)C)nc(-c2cccnc2)n1. The van der Waals surface area contributed by atoms with Gasteiger partial charge in [0.05, 0.1) is 5.60 Å². The van der Waals surface area contributed by atoms with Gasteiger partial charge in [-0.25, -0.2) is 9.97 Å². The van der Waals surface area contributed by atoms with Crippen LogP contribution in [0.3, 0.4) is 0 Å². The zero-order valence-corrected chi connectivity index (χ0v) is 14.4. The van der Waals surface area contributed by atoms with Gasteiger partial charge in [-0.3, -0.25) is 4.98 Å². The van der Waals surface area contributed by atoms with Crippen molar-refractivity contribution in [2.75, 3.05) is 11.9 Å². The van der Waals surface area contributed by atoms with Crippen LogP contribution in [0.4, 0.5) is 5.82 Å². The summed E-state index contributed by atoms with van der Waals surface area (Å²) in [5.41, 5.74) is 1.01. The van der Waals surface area contributed by atoms with Gasteiger partial charge < -0.3 is 10.4 Å². The van der Waals surface area contributed by atoms with Gasteiger partial charge in [-0.15, -0.1) is 0 Å². The monoisotopic (exact) mass is 314 g/mol. The molecule has 2 aromatic rings. The molecule has 2 heterocycles. The summed E-state index contributed by atoms with van der Waals surface area (Å²) in [7, 11) is 0.